The average Bonchev–Trinajstić information content (AvgIpc) is 2.47. The Bertz CT molecular complexity index is 498. The normalized spacial score (nSPS) is 16.6. The highest BCUT2D eigenvalue weighted by molar-refractivity contribution is 5.96. The van der Waals surface area contributed by atoms with Crippen LogP contribution in [0.4, 0.5) is 5.69 Å². The van der Waals surface area contributed by atoms with Crippen LogP contribution in [0.2, 0.25) is 0 Å². The SMILES string of the molecule is CC(OC(=O)c1ccccc1N)C(=O)N1CCOCC1. The minimum Gasteiger partial charge on any atom is -0.449 e. The van der Waals surface area contributed by atoms with Gasteiger partial charge in [-0.3, -0.25) is 4.79 Å². The molecule has 1 aromatic rings. The van der Waals surface area contributed by atoms with E-state index in [1.165, 1.54) is 0 Å². The van der Waals surface area contributed by atoms with Crippen LogP contribution in [0.3, 0.4) is 0 Å². The van der Waals surface area contributed by atoms with Gasteiger partial charge in [-0.25, -0.2) is 4.79 Å². The third kappa shape index (κ3) is 3.27. The fourth-order valence-corrected chi connectivity index (χ4v) is 2.00. The highest BCUT2D eigenvalue weighted by atomic mass is 16.5. The summed E-state index contributed by atoms with van der Waals surface area (Å²) in [5.41, 5.74) is 6.31. The molecule has 1 aliphatic heterocycles. The van der Waals surface area contributed by atoms with E-state index in [1.807, 2.05) is 0 Å². The van der Waals surface area contributed by atoms with Crippen molar-refractivity contribution in [2.45, 2.75) is 13.0 Å². The van der Waals surface area contributed by atoms with Gasteiger partial charge in [-0.2, -0.15) is 0 Å². The maximum absolute atomic E-state index is 12.1. The molecule has 2 N–H and O–H groups in total. The Morgan fingerprint density at radius 2 is 1.95 bits per heavy atom. The molecule has 0 bridgehead atoms. The second kappa shape index (κ2) is 6.38. The first-order valence-electron chi connectivity index (χ1n) is 6.51. The van der Waals surface area contributed by atoms with Gasteiger partial charge in [-0.1, -0.05) is 12.1 Å². The first-order chi connectivity index (χ1) is 9.59. The molecular formula is C14H18N2O4. The van der Waals surface area contributed by atoms with Gasteiger partial charge in [0.05, 0.1) is 18.8 Å². The van der Waals surface area contributed by atoms with Crippen molar-refractivity contribution < 1.29 is 19.1 Å². The lowest BCUT2D eigenvalue weighted by Crippen LogP contribution is -2.46. The van der Waals surface area contributed by atoms with Crippen molar-refractivity contribution in [3.05, 3.63) is 29.8 Å². The molecule has 0 spiro atoms. The zero-order chi connectivity index (χ0) is 14.5. The molecule has 108 valence electrons. The fourth-order valence-electron chi connectivity index (χ4n) is 2.00. The van der Waals surface area contributed by atoms with Gasteiger partial charge in [0.1, 0.15) is 0 Å². The number of benzene rings is 1. The van der Waals surface area contributed by atoms with Gasteiger partial charge in [0.15, 0.2) is 6.10 Å². The number of morpholine rings is 1. The Kier molecular flexibility index (Phi) is 4.57. The third-order valence-electron chi connectivity index (χ3n) is 3.14. The van der Waals surface area contributed by atoms with E-state index in [1.54, 1.807) is 36.1 Å². The van der Waals surface area contributed by atoms with E-state index in [9.17, 15) is 9.59 Å². The topological polar surface area (TPSA) is 81.9 Å². The molecule has 0 radical (unpaired) electrons. The molecule has 20 heavy (non-hydrogen) atoms. The Morgan fingerprint density at radius 3 is 2.60 bits per heavy atom. The summed E-state index contributed by atoms with van der Waals surface area (Å²) < 4.78 is 10.4. The van der Waals surface area contributed by atoms with E-state index in [2.05, 4.69) is 0 Å². The lowest BCUT2D eigenvalue weighted by atomic mass is 10.2. The van der Waals surface area contributed by atoms with E-state index >= 15 is 0 Å². The molecule has 6 heteroatoms. The lowest BCUT2D eigenvalue weighted by molar-refractivity contribution is -0.143. The molecule has 6 nitrogen and oxygen atoms in total. The number of amides is 1. The lowest BCUT2D eigenvalue weighted by Gasteiger charge is -2.29. The largest absolute Gasteiger partial charge is 0.449 e. The Hall–Kier alpha value is -2.08. The van der Waals surface area contributed by atoms with Crippen molar-refractivity contribution in [2.24, 2.45) is 0 Å². The predicted octanol–water partition coefficient (Wildman–Crippen LogP) is 0.673. The van der Waals surface area contributed by atoms with Crippen molar-refractivity contribution in [3.63, 3.8) is 0 Å². The molecule has 1 aromatic carbocycles. The number of nitrogen functional groups attached to an aromatic ring is 1. The van der Waals surface area contributed by atoms with Crippen LogP contribution < -0.4 is 5.73 Å². The summed E-state index contributed by atoms with van der Waals surface area (Å²) in [6, 6.07) is 6.62. The Balaban J connectivity index is 1.97. The van der Waals surface area contributed by atoms with Crippen LogP contribution in [0.15, 0.2) is 24.3 Å². The third-order valence-corrected chi connectivity index (χ3v) is 3.14. The van der Waals surface area contributed by atoms with Crippen molar-refractivity contribution in [1.29, 1.82) is 0 Å². The number of hydrogen-bond acceptors (Lipinski definition) is 5. The maximum atomic E-state index is 12.1. The number of ether oxygens (including phenoxy) is 2. The van der Waals surface area contributed by atoms with Crippen LogP contribution in [-0.4, -0.2) is 49.2 Å². The van der Waals surface area contributed by atoms with Gasteiger partial charge in [-0.05, 0) is 19.1 Å². The van der Waals surface area contributed by atoms with E-state index in [-0.39, 0.29) is 11.5 Å². The number of hydrogen-bond donors (Lipinski definition) is 1. The quantitative estimate of drug-likeness (QED) is 0.649. The van der Waals surface area contributed by atoms with E-state index < -0.39 is 12.1 Å². The molecule has 1 aliphatic rings. The van der Waals surface area contributed by atoms with Crippen molar-refractivity contribution in [3.8, 4) is 0 Å². The van der Waals surface area contributed by atoms with E-state index in [4.69, 9.17) is 15.2 Å². The average molecular weight is 278 g/mol. The van der Waals surface area contributed by atoms with Crippen LogP contribution in [0, 0.1) is 0 Å². The summed E-state index contributed by atoms with van der Waals surface area (Å²) >= 11 is 0. The second-order valence-corrected chi connectivity index (χ2v) is 4.57. The monoisotopic (exact) mass is 278 g/mol. The van der Waals surface area contributed by atoms with Crippen LogP contribution in [0.25, 0.3) is 0 Å². The summed E-state index contributed by atoms with van der Waals surface area (Å²) in [6.07, 6.45) is -0.833. The van der Waals surface area contributed by atoms with Crippen molar-refractivity contribution in [2.75, 3.05) is 32.0 Å². The minimum absolute atomic E-state index is 0.212. The van der Waals surface area contributed by atoms with Gasteiger partial charge in [-0.15, -0.1) is 0 Å². The molecule has 0 saturated carbocycles. The Morgan fingerprint density at radius 1 is 1.30 bits per heavy atom. The van der Waals surface area contributed by atoms with Gasteiger partial charge < -0.3 is 20.1 Å². The highest BCUT2D eigenvalue weighted by Crippen LogP contribution is 2.13. The van der Waals surface area contributed by atoms with Crippen molar-refractivity contribution >= 4 is 17.6 Å². The summed E-state index contributed by atoms with van der Waals surface area (Å²) in [5, 5.41) is 0. The molecule has 1 fully saturated rings. The summed E-state index contributed by atoms with van der Waals surface area (Å²) in [7, 11) is 0. The number of nitrogens with zero attached hydrogens (tertiary/aromatic N) is 1. The molecule has 1 amide bonds. The van der Waals surface area contributed by atoms with Crippen LogP contribution in [0.1, 0.15) is 17.3 Å². The van der Waals surface area contributed by atoms with Gasteiger partial charge in [0.2, 0.25) is 0 Å². The second-order valence-electron chi connectivity index (χ2n) is 4.57. The maximum Gasteiger partial charge on any atom is 0.341 e. The molecule has 0 aliphatic carbocycles. The summed E-state index contributed by atoms with van der Waals surface area (Å²) in [5.74, 6) is -0.798. The molecular weight excluding hydrogens is 260 g/mol. The zero-order valence-corrected chi connectivity index (χ0v) is 11.4. The number of para-hydroxylation sites is 1. The summed E-state index contributed by atoms with van der Waals surface area (Å²) in [4.78, 5) is 25.7. The molecule has 1 saturated heterocycles. The minimum atomic E-state index is -0.833. The first-order valence-corrected chi connectivity index (χ1v) is 6.51. The summed E-state index contributed by atoms with van der Waals surface area (Å²) in [6.45, 7) is 3.63. The number of nitrogens with two attached hydrogens (primary N) is 1. The smallest absolute Gasteiger partial charge is 0.341 e. The number of esters is 1. The molecule has 1 heterocycles. The van der Waals surface area contributed by atoms with Gasteiger partial charge >= 0.3 is 5.97 Å². The first kappa shape index (κ1) is 14.3. The van der Waals surface area contributed by atoms with Crippen LogP contribution in [0.5, 0.6) is 0 Å². The predicted molar refractivity (Wildman–Crippen MR) is 73.1 cm³/mol. The number of anilines is 1. The molecule has 2 rings (SSSR count). The highest BCUT2D eigenvalue weighted by Gasteiger charge is 2.26. The van der Waals surface area contributed by atoms with Crippen LogP contribution >= 0.6 is 0 Å². The van der Waals surface area contributed by atoms with E-state index in [0.29, 0.717) is 32.0 Å². The number of carbonyl (C=O) groups excluding carboxylic acids is 2. The van der Waals surface area contributed by atoms with Gasteiger partial charge in [0.25, 0.3) is 5.91 Å². The zero-order valence-electron chi connectivity index (χ0n) is 11.4. The van der Waals surface area contributed by atoms with Crippen molar-refractivity contribution in [1.82, 2.24) is 4.90 Å². The molecule has 1 unspecified atom stereocenters. The van der Waals surface area contributed by atoms with Crippen LogP contribution in [-0.2, 0) is 14.3 Å². The standard InChI is InChI=1S/C14H18N2O4/c1-10(13(17)16-6-8-19-9-7-16)20-14(18)11-4-2-3-5-12(11)15/h2-5,10H,6-9,15H2,1H3. The van der Waals surface area contributed by atoms with Gasteiger partial charge in [0, 0.05) is 18.8 Å². The molecule has 1 atom stereocenters. The fraction of sp³-hybridized carbons (Fsp3) is 0.429. The Labute approximate surface area is 117 Å². The number of carbonyl (C=O) groups is 2. The molecule has 0 aromatic heterocycles. The number of rotatable bonds is 3. The van der Waals surface area contributed by atoms with E-state index in [0.717, 1.165) is 0 Å².